The van der Waals surface area contributed by atoms with Crippen molar-refractivity contribution in [2.45, 2.75) is 135 Å². The lowest BCUT2D eigenvalue weighted by Crippen LogP contribution is -2.60. The first-order chi connectivity index (χ1) is 28.7. The molecule has 5 rings (SSSR count). The molecule has 5 heterocycles. The van der Waals surface area contributed by atoms with Crippen LogP contribution in [0.3, 0.4) is 0 Å². The Morgan fingerprint density at radius 3 is 2.48 bits per heavy atom. The number of oxime groups is 1. The highest BCUT2D eigenvalue weighted by Gasteiger charge is 2.53. The van der Waals surface area contributed by atoms with Crippen LogP contribution in [0.25, 0.3) is 10.6 Å². The molecule has 3 saturated heterocycles. The largest absolute Gasteiger partial charge is 0.459 e. The van der Waals surface area contributed by atoms with Crippen molar-refractivity contribution in [3.8, 4) is 10.6 Å². The Labute approximate surface area is 360 Å². The van der Waals surface area contributed by atoms with E-state index in [9.17, 15) is 29.9 Å². The van der Waals surface area contributed by atoms with Crippen molar-refractivity contribution in [3.63, 3.8) is 0 Å². The SMILES string of the molecule is CC[C@H]1OC(=O)[C@H](C)C(=O)[C@H](C)[C@@H](O[C@@H]2O[C@H](C)C[C@H](N(C)C)[C@H]2O)[C@@]2(C)C[C@@H](C)/C(=N\[N+](=O)[O-])[C@H](C)[C@H](OC/C(=N\OCc3ccc(-c4cccc(N)n4)s3)CO2)[C@]1(C)O. The minimum absolute atomic E-state index is 0.0170. The number of carbonyl (C=O) groups is 2. The lowest BCUT2D eigenvalue weighted by molar-refractivity contribution is -0.485. The van der Waals surface area contributed by atoms with Crippen LogP contribution in [0.5, 0.6) is 0 Å². The molecule has 0 saturated carbocycles. The van der Waals surface area contributed by atoms with Crippen LogP contribution in [0.4, 0.5) is 5.82 Å². The number of nitrogens with zero attached hydrogens (tertiary/aromatic N) is 5. The number of hydrogen-bond donors (Lipinski definition) is 3. The van der Waals surface area contributed by atoms with Crippen molar-refractivity contribution in [1.29, 1.82) is 0 Å². The number of carbonyl (C=O) groups excluding carboxylic acids is 2. The maximum absolute atomic E-state index is 14.5. The zero-order valence-corrected chi connectivity index (χ0v) is 37.5. The van der Waals surface area contributed by atoms with Crippen molar-refractivity contribution in [1.82, 2.24) is 9.88 Å². The molecule has 2 bridgehead atoms. The number of nitrogens with two attached hydrogens (primary N) is 1. The van der Waals surface area contributed by atoms with Crippen LogP contribution in [0.2, 0.25) is 0 Å². The number of nitrogen functional groups attached to an aromatic ring is 1. The highest BCUT2D eigenvalue weighted by atomic mass is 32.1. The van der Waals surface area contributed by atoms with Crippen LogP contribution < -0.4 is 5.73 Å². The van der Waals surface area contributed by atoms with Gasteiger partial charge in [0.1, 0.15) is 35.3 Å². The topological polar surface area (TPSA) is 240 Å². The molecule has 0 aromatic carbocycles. The van der Waals surface area contributed by atoms with E-state index >= 15 is 0 Å². The molecule has 18 nitrogen and oxygen atoms in total. The Morgan fingerprint density at radius 2 is 1.82 bits per heavy atom. The zero-order chi connectivity index (χ0) is 45.0. The molecule has 0 spiro atoms. The fourth-order valence-electron chi connectivity index (χ4n) is 8.87. The number of likely N-dealkylation sites (N-methyl/N-ethyl adjacent to an activating group) is 1. The van der Waals surface area contributed by atoms with Crippen LogP contribution in [-0.4, -0.2) is 130 Å². The van der Waals surface area contributed by atoms with Gasteiger partial charge in [0.25, 0.3) is 0 Å². The minimum atomic E-state index is -1.97. The molecule has 3 aliphatic heterocycles. The third kappa shape index (κ3) is 11.2. The summed E-state index contributed by atoms with van der Waals surface area (Å²) < 4.78 is 32.2. The summed E-state index contributed by atoms with van der Waals surface area (Å²) in [5.74, 6) is -5.14. The van der Waals surface area contributed by atoms with Gasteiger partial charge in [-0.25, -0.2) is 15.1 Å². The van der Waals surface area contributed by atoms with Crippen molar-refractivity contribution < 1.29 is 53.4 Å². The number of anilines is 1. The number of ether oxygens (including phenoxy) is 5. The Morgan fingerprint density at radius 1 is 1.10 bits per heavy atom. The van der Waals surface area contributed by atoms with Gasteiger partial charge in [-0.1, -0.05) is 38.9 Å². The van der Waals surface area contributed by atoms with Gasteiger partial charge in [-0.3, -0.25) is 9.59 Å². The molecule has 3 fully saturated rings. The second kappa shape index (κ2) is 20.0. The van der Waals surface area contributed by atoms with Gasteiger partial charge < -0.3 is 49.4 Å². The molecule has 338 valence electrons. The molecule has 2 aromatic rings. The number of fused-ring (bicyclic) bond motifs is 5. The predicted molar refractivity (Wildman–Crippen MR) is 227 cm³/mol. The van der Waals surface area contributed by atoms with E-state index in [1.54, 1.807) is 40.7 Å². The fourth-order valence-corrected chi connectivity index (χ4v) is 9.75. The molecule has 0 unspecified atom stereocenters. The number of rotatable bonds is 9. The maximum Gasteiger partial charge on any atom is 0.316 e. The van der Waals surface area contributed by atoms with Crippen molar-refractivity contribution in [2.75, 3.05) is 33.0 Å². The van der Waals surface area contributed by atoms with Gasteiger partial charge in [-0.15, -0.1) is 11.3 Å². The van der Waals surface area contributed by atoms with Gasteiger partial charge in [0, 0.05) is 28.7 Å². The second-order valence-electron chi connectivity index (χ2n) is 17.2. The molecule has 0 amide bonds. The highest BCUT2D eigenvalue weighted by Crippen LogP contribution is 2.40. The summed E-state index contributed by atoms with van der Waals surface area (Å²) in [6.07, 6.45) is -5.85. The smallest absolute Gasteiger partial charge is 0.316 e. The first-order valence-corrected chi connectivity index (χ1v) is 21.6. The molecule has 3 aliphatic rings. The molecule has 0 radical (unpaired) electrons. The second-order valence-corrected chi connectivity index (χ2v) is 18.4. The number of aromatic nitrogens is 1. The average Bonchev–Trinajstić information content (AvgIpc) is 3.67. The number of hydrogen-bond acceptors (Lipinski definition) is 17. The van der Waals surface area contributed by atoms with Crippen LogP contribution in [0.15, 0.2) is 40.6 Å². The number of ketones is 1. The Kier molecular flexibility index (Phi) is 15.8. The number of thiophene rings is 1. The first kappa shape index (κ1) is 48.1. The highest BCUT2D eigenvalue weighted by molar-refractivity contribution is 7.15. The molecule has 0 aliphatic carbocycles. The standard InChI is InChI=1S/C42H62N6O12S/c1-11-32-42(8,52)38-24(4)34(45-48(53)54)22(2)18-41(7,56-20-27(19-55-38)46-57-21-28-15-16-31(61-28)29-13-12-14-33(43)44-29)37(25(5)35(49)26(6)39(51)59-32)60-40-36(50)30(47(9)10)17-23(3)58-40/h12-16,22-26,30,32,36-38,40,50,52H,11,17-21H2,1-10H3,(H2,43,44)/b45-34+,46-27+/t22-,23-,24+,25+,26-,30+,32-,36-,37-,38+,40+,41-,42-/m1/s1. The van der Waals surface area contributed by atoms with Crippen molar-refractivity contribution in [3.05, 3.63) is 45.3 Å². The predicted octanol–water partition coefficient (Wildman–Crippen LogP) is 4.47. The van der Waals surface area contributed by atoms with Crippen LogP contribution in [0.1, 0.15) is 79.5 Å². The molecule has 13 atom stereocenters. The summed E-state index contributed by atoms with van der Waals surface area (Å²) >= 11 is 1.45. The summed E-state index contributed by atoms with van der Waals surface area (Å²) in [7, 11) is 3.68. The van der Waals surface area contributed by atoms with Crippen LogP contribution >= 0.6 is 11.3 Å². The number of cyclic esters (lactones) is 1. The lowest BCUT2D eigenvalue weighted by Gasteiger charge is -2.47. The molecule has 19 heteroatoms. The number of Topliss-reactive ketones (excluding diaryl/α,β-unsaturated/α-hetero) is 1. The monoisotopic (exact) mass is 874 g/mol. The molecule has 2 aromatic heterocycles. The first-order valence-electron chi connectivity index (χ1n) is 20.8. The van der Waals surface area contributed by atoms with E-state index in [-0.39, 0.29) is 56.2 Å². The fraction of sp³-hybridized carbons (Fsp3) is 0.690. The zero-order valence-electron chi connectivity index (χ0n) is 36.7. The van der Waals surface area contributed by atoms with Crippen LogP contribution in [-0.2, 0) is 44.7 Å². The van der Waals surface area contributed by atoms with Gasteiger partial charge in [0.05, 0.1) is 58.5 Å². The van der Waals surface area contributed by atoms with Gasteiger partial charge in [-0.2, -0.15) is 0 Å². The normalized spacial score (nSPS) is 37.2. The number of aliphatic hydroxyl groups excluding tert-OH is 1. The maximum atomic E-state index is 14.5. The Bertz CT molecular complexity index is 1930. The summed E-state index contributed by atoms with van der Waals surface area (Å²) in [6, 6.07) is 8.82. The van der Waals surface area contributed by atoms with Crippen LogP contribution in [0, 0.1) is 33.8 Å². The quantitative estimate of drug-likeness (QED) is 0.136. The molecule has 61 heavy (non-hydrogen) atoms. The Balaban J connectivity index is 1.63. The van der Waals surface area contributed by atoms with E-state index in [4.69, 9.17) is 34.3 Å². The number of esters is 1. The molecular formula is C42H62N6O12S. The van der Waals surface area contributed by atoms with Gasteiger partial charge in [0.2, 0.25) is 0 Å². The van der Waals surface area contributed by atoms with E-state index < -0.39 is 82.4 Å². The van der Waals surface area contributed by atoms with Gasteiger partial charge in [-0.05, 0) is 85.3 Å². The lowest BCUT2D eigenvalue weighted by atomic mass is 9.74. The Hall–Kier alpha value is -3.95. The average molecular weight is 875 g/mol. The summed E-state index contributed by atoms with van der Waals surface area (Å²) in [4.78, 5) is 54.4. The van der Waals surface area contributed by atoms with E-state index in [0.29, 0.717) is 17.9 Å². The van der Waals surface area contributed by atoms with E-state index in [1.165, 1.54) is 25.2 Å². The van der Waals surface area contributed by atoms with E-state index in [1.807, 2.05) is 50.2 Å². The van der Waals surface area contributed by atoms with Crippen molar-refractivity contribution >= 4 is 40.3 Å². The number of nitro groups is 1. The number of aliphatic hydroxyl groups is 2. The number of pyridine rings is 1. The van der Waals surface area contributed by atoms with Gasteiger partial charge >= 0.3 is 5.97 Å². The van der Waals surface area contributed by atoms with E-state index in [0.717, 1.165) is 9.75 Å². The van der Waals surface area contributed by atoms with E-state index in [2.05, 4.69) is 15.2 Å². The molecular weight excluding hydrogens is 813 g/mol. The number of hydrazone groups is 1. The summed E-state index contributed by atoms with van der Waals surface area (Å²) in [5.41, 5.74) is 3.43. The van der Waals surface area contributed by atoms with Gasteiger partial charge in [0.15, 0.2) is 23.7 Å². The summed E-state index contributed by atoms with van der Waals surface area (Å²) in [5, 5.41) is 43.7. The minimum Gasteiger partial charge on any atom is -0.459 e. The molecule has 4 N–H and O–H groups in total. The summed E-state index contributed by atoms with van der Waals surface area (Å²) in [6.45, 7) is 12.7. The van der Waals surface area contributed by atoms with Crippen molar-refractivity contribution in [2.24, 2.45) is 33.9 Å². The third-order valence-electron chi connectivity index (χ3n) is 12.1. The third-order valence-corrected chi connectivity index (χ3v) is 13.2.